The van der Waals surface area contributed by atoms with Crippen LogP contribution < -0.4 is 15.8 Å². The molecule has 5 heteroatoms. The fraction of sp³-hybridized carbons (Fsp3) is 0.133. The molecule has 104 valence electrons. The minimum absolute atomic E-state index is 0.276. The number of benzene rings is 2. The molecule has 1 amide bonds. The predicted octanol–water partition coefficient (Wildman–Crippen LogP) is 3.49. The van der Waals surface area contributed by atoms with Gasteiger partial charge in [-0.15, -0.1) is 0 Å². The minimum Gasteiger partial charge on any atom is -0.496 e. The Balaban J connectivity index is 2.25. The number of carbonyl (C=O) groups excluding carboxylic acids is 1. The number of nitrogens with one attached hydrogen (secondary N) is 1. The highest BCUT2D eigenvalue weighted by Crippen LogP contribution is 2.24. The van der Waals surface area contributed by atoms with Gasteiger partial charge in [0.05, 0.1) is 12.7 Å². The highest BCUT2D eigenvalue weighted by atomic mass is 35.5. The highest BCUT2D eigenvalue weighted by molar-refractivity contribution is 6.31. The van der Waals surface area contributed by atoms with Gasteiger partial charge in [-0.1, -0.05) is 17.7 Å². The molecule has 0 radical (unpaired) electrons. The molecule has 0 saturated carbocycles. The number of anilines is 2. The van der Waals surface area contributed by atoms with Gasteiger partial charge in [0.1, 0.15) is 5.75 Å². The maximum Gasteiger partial charge on any atom is 0.259 e. The monoisotopic (exact) mass is 290 g/mol. The SMILES string of the molecule is COc1cc(Cl)ccc1C(=O)Nc1ccc(C)c(N)c1. The number of rotatable bonds is 3. The van der Waals surface area contributed by atoms with Crippen molar-refractivity contribution in [1.82, 2.24) is 0 Å². The molecule has 0 unspecified atom stereocenters. The van der Waals surface area contributed by atoms with Crippen molar-refractivity contribution in [3.05, 3.63) is 52.5 Å². The van der Waals surface area contributed by atoms with Gasteiger partial charge in [0.25, 0.3) is 5.91 Å². The molecule has 0 fully saturated rings. The Morgan fingerprint density at radius 1 is 1.25 bits per heavy atom. The van der Waals surface area contributed by atoms with E-state index >= 15 is 0 Å². The van der Waals surface area contributed by atoms with E-state index in [0.717, 1.165) is 5.56 Å². The molecule has 0 aromatic heterocycles. The van der Waals surface area contributed by atoms with E-state index < -0.39 is 0 Å². The van der Waals surface area contributed by atoms with Crippen molar-refractivity contribution in [3.8, 4) is 5.75 Å². The molecule has 0 heterocycles. The second-order valence-corrected chi connectivity index (χ2v) is 4.81. The van der Waals surface area contributed by atoms with Crippen molar-refractivity contribution in [3.63, 3.8) is 0 Å². The third-order valence-electron chi connectivity index (χ3n) is 2.95. The van der Waals surface area contributed by atoms with E-state index in [2.05, 4.69) is 5.32 Å². The third-order valence-corrected chi connectivity index (χ3v) is 3.18. The zero-order valence-corrected chi connectivity index (χ0v) is 12.0. The van der Waals surface area contributed by atoms with E-state index in [1.54, 1.807) is 30.3 Å². The smallest absolute Gasteiger partial charge is 0.259 e. The van der Waals surface area contributed by atoms with Gasteiger partial charge in [-0.25, -0.2) is 0 Å². The Hall–Kier alpha value is -2.20. The number of aryl methyl sites for hydroxylation is 1. The maximum atomic E-state index is 12.2. The second-order valence-electron chi connectivity index (χ2n) is 4.37. The van der Waals surface area contributed by atoms with E-state index in [-0.39, 0.29) is 5.91 Å². The molecule has 0 aliphatic rings. The van der Waals surface area contributed by atoms with Crippen LogP contribution in [0.25, 0.3) is 0 Å². The number of halogens is 1. The third kappa shape index (κ3) is 3.03. The Kier molecular flexibility index (Phi) is 4.15. The van der Waals surface area contributed by atoms with Crippen LogP contribution in [0.1, 0.15) is 15.9 Å². The molecule has 20 heavy (non-hydrogen) atoms. The first-order valence-electron chi connectivity index (χ1n) is 6.02. The van der Waals surface area contributed by atoms with Crippen LogP contribution in [-0.2, 0) is 0 Å². The largest absolute Gasteiger partial charge is 0.496 e. The van der Waals surface area contributed by atoms with E-state index in [9.17, 15) is 4.79 Å². The van der Waals surface area contributed by atoms with Crippen LogP contribution in [-0.4, -0.2) is 13.0 Å². The summed E-state index contributed by atoms with van der Waals surface area (Å²) in [7, 11) is 1.49. The number of ether oxygens (including phenoxy) is 1. The van der Waals surface area contributed by atoms with Gasteiger partial charge in [-0.3, -0.25) is 4.79 Å². The summed E-state index contributed by atoms with van der Waals surface area (Å²) < 4.78 is 5.16. The average Bonchev–Trinajstić information content (AvgIpc) is 2.42. The molecule has 2 rings (SSSR count). The summed E-state index contributed by atoms with van der Waals surface area (Å²) in [6.07, 6.45) is 0. The summed E-state index contributed by atoms with van der Waals surface area (Å²) in [5.74, 6) is 0.150. The van der Waals surface area contributed by atoms with Crippen molar-refractivity contribution in [2.24, 2.45) is 0 Å². The number of amides is 1. The fourth-order valence-electron chi connectivity index (χ4n) is 1.77. The topological polar surface area (TPSA) is 64.3 Å². The number of hydrogen-bond acceptors (Lipinski definition) is 3. The Morgan fingerprint density at radius 2 is 2.00 bits per heavy atom. The van der Waals surface area contributed by atoms with Crippen molar-refractivity contribution in [2.45, 2.75) is 6.92 Å². The van der Waals surface area contributed by atoms with Crippen LogP contribution >= 0.6 is 11.6 Å². The van der Waals surface area contributed by atoms with Gasteiger partial charge in [0.15, 0.2) is 0 Å². The summed E-state index contributed by atoms with van der Waals surface area (Å²) in [4.78, 5) is 12.2. The van der Waals surface area contributed by atoms with Gasteiger partial charge in [-0.2, -0.15) is 0 Å². The number of methoxy groups -OCH3 is 1. The molecule has 0 saturated heterocycles. The summed E-state index contributed by atoms with van der Waals surface area (Å²) in [6.45, 7) is 1.91. The van der Waals surface area contributed by atoms with Crippen LogP contribution in [0.5, 0.6) is 5.75 Å². The zero-order chi connectivity index (χ0) is 14.7. The van der Waals surface area contributed by atoms with E-state index in [1.165, 1.54) is 7.11 Å². The predicted molar refractivity (Wildman–Crippen MR) is 81.5 cm³/mol. The maximum absolute atomic E-state index is 12.2. The first kappa shape index (κ1) is 14.2. The van der Waals surface area contributed by atoms with Crippen molar-refractivity contribution in [1.29, 1.82) is 0 Å². The number of nitrogen functional groups attached to an aromatic ring is 1. The highest BCUT2D eigenvalue weighted by Gasteiger charge is 2.13. The molecule has 2 aromatic carbocycles. The summed E-state index contributed by atoms with van der Waals surface area (Å²) in [6, 6.07) is 10.2. The quantitative estimate of drug-likeness (QED) is 0.851. The lowest BCUT2D eigenvalue weighted by Gasteiger charge is -2.10. The average molecular weight is 291 g/mol. The van der Waals surface area contributed by atoms with Crippen LogP contribution in [0.15, 0.2) is 36.4 Å². The molecule has 0 aliphatic heterocycles. The zero-order valence-electron chi connectivity index (χ0n) is 11.2. The lowest BCUT2D eigenvalue weighted by Crippen LogP contribution is -2.13. The lowest BCUT2D eigenvalue weighted by atomic mass is 10.1. The molecular weight excluding hydrogens is 276 g/mol. The van der Waals surface area contributed by atoms with Gasteiger partial charge >= 0.3 is 0 Å². The minimum atomic E-state index is -0.276. The molecule has 3 N–H and O–H groups in total. The van der Waals surface area contributed by atoms with Crippen LogP contribution in [0.3, 0.4) is 0 Å². The van der Waals surface area contributed by atoms with Crippen LogP contribution in [0.2, 0.25) is 5.02 Å². The van der Waals surface area contributed by atoms with Gasteiger partial charge in [0, 0.05) is 16.4 Å². The Bertz CT molecular complexity index is 656. The molecule has 2 aromatic rings. The molecular formula is C15H15ClN2O2. The second kappa shape index (κ2) is 5.84. The van der Waals surface area contributed by atoms with Crippen molar-refractivity contribution < 1.29 is 9.53 Å². The molecule has 0 atom stereocenters. The van der Waals surface area contributed by atoms with E-state index in [1.807, 2.05) is 13.0 Å². The first-order chi connectivity index (χ1) is 9.51. The Morgan fingerprint density at radius 3 is 2.65 bits per heavy atom. The summed E-state index contributed by atoms with van der Waals surface area (Å²) in [5, 5.41) is 3.29. The first-order valence-corrected chi connectivity index (χ1v) is 6.40. The van der Waals surface area contributed by atoms with Gasteiger partial charge in [0.2, 0.25) is 0 Å². The summed E-state index contributed by atoms with van der Waals surface area (Å²) in [5.41, 5.74) is 8.46. The number of hydrogen-bond donors (Lipinski definition) is 2. The van der Waals surface area contributed by atoms with Crippen LogP contribution in [0.4, 0.5) is 11.4 Å². The van der Waals surface area contributed by atoms with E-state index in [0.29, 0.717) is 27.7 Å². The lowest BCUT2D eigenvalue weighted by molar-refractivity contribution is 0.102. The van der Waals surface area contributed by atoms with Gasteiger partial charge < -0.3 is 15.8 Å². The molecule has 0 bridgehead atoms. The fourth-order valence-corrected chi connectivity index (χ4v) is 1.93. The normalized spacial score (nSPS) is 10.2. The van der Waals surface area contributed by atoms with E-state index in [4.69, 9.17) is 22.1 Å². The molecule has 0 aliphatic carbocycles. The molecule has 0 spiro atoms. The number of nitrogens with two attached hydrogens (primary N) is 1. The Labute approximate surface area is 122 Å². The standard InChI is InChI=1S/C15H15ClN2O2/c1-9-3-5-11(8-13(9)17)18-15(19)12-6-4-10(16)7-14(12)20-2/h3-8H,17H2,1-2H3,(H,18,19). The van der Waals surface area contributed by atoms with Gasteiger partial charge in [-0.05, 0) is 42.8 Å². The van der Waals surface area contributed by atoms with Crippen molar-refractivity contribution >= 4 is 28.9 Å². The van der Waals surface area contributed by atoms with Crippen molar-refractivity contribution in [2.75, 3.05) is 18.2 Å². The van der Waals surface area contributed by atoms with Crippen LogP contribution in [0, 0.1) is 6.92 Å². The molecule has 4 nitrogen and oxygen atoms in total. The summed E-state index contributed by atoms with van der Waals surface area (Å²) >= 11 is 5.87. The number of carbonyl (C=O) groups is 1.